The Labute approximate surface area is 234 Å². The predicted octanol–water partition coefficient (Wildman–Crippen LogP) is 2.20. The number of nitrogens with zero attached hydrogens (tertiary/aromatic N) is 5. The van der Waals surface area contributed by atoms with Crippen LogP contribution in [0.1, 0.15) is 32.3 Å². The van der Waals surface area contributed by atoms with Gasteiger partial charge in [0.2, 0.25) is 0 Å². The Bertz CT molecular complexity index is 1410. The standard InChI is InChI=1S/C27H34F4N6O4/c1-16(2)8-11-35-21-22(33(3)26(40)36(23(21)38)12-9-17-4-6-19(28)7-5-17)37(41-24(39)27(29,30)31)25(35)34-13-10-18-14-32-15-20(18)34/h4-7,16,18,20,25,32H,8-15H2,1-3H3. The van der Waals surface area contributed by atoms with Crippen LogP contribution >= 0.6 is 0 Å². The maximum atomic E-state index is 14.0. The molecule has 0 spiro atoms. The lowest BCUT2D eigenvalue weighted by Gasteiger charge is -2.40. The maximum absolute atomic E-state index is 14.0. The minimum atomic E-state index is -5.29. The number of aryl methyl sites for hydroxylation is 1. The number of carbonyl (C=O) groups excluding carboxylic acids is 1. The summed E-state index contributed by atoms with van der Waals surface area (Å²) in [6.45, 7) is 6.08. The van der Waals surface area contributed by atoms with Gasteiger partial charge in [-0.2, -0.15) is 13.2 Å². The molecule has 14 heteroatoms. The van der Waals surface area contributed by atoms with E-state index in [9.17, 15) is 31.9 Å². The number of alkyl halides is 3. The Morgan fingerprint density at radius 2 is 1.83 bits per heavy atom. The van der Waals surface area contributed by atoms with E-state index in [2.05, 4.69) is 5.32 Å². The maximum Gasteiger partial charge on any atom is 0.493 e. The van der Waals surface area contributed by atoms with Gasteiger partial charge in [0.05, 0.1) is 0 Å². The third-order valence-electron chi connectivity index (χ3n) is 8.16. The fourth-order valence-electron chi connectivity index (χ4n) is 6.02. The Hall–Kier alpha value is -3.39. The second-order valence-electron chi connectivity index (χ2n) is 11.3. The van der Waals surface area contributed by atoms with E-state index in [1.54, 1.807) is 17.0 Å². The molecule has 2 saturated heterocycles. The van der Waals surface area contributed by atoms with Gasteiger partial charge in [-0.05, 0) is 55.3 Å². The highest BCUT2D eigenvalue weighted by Crippen LogP contribution is 2.42. The zero-order valence-corrected chi connectivity index (χ0v) is 23.2. The third-order valence-corrected chi connectivity index (χ3v) is 8.16. The molecule has 0 amide bonds. The molecular formula is C27H34F4N6O4. The molecule has 3 unspecified atom stereocenters. The molecule has 3 aliphatic rings. The zero-order valence-electron chi connectivity index (χ0n) is 23.2. The minimum Gasteiger partial charge on any atom is -0.329 e. The second kappa shape index (κ2) is 11.1. The number of halogens is 4. The molecule has 0 saturated carbocycles. The molecule has 2 fully saturated rings. The van der Waals surface area contributed by atoms with Crippen molar-refractivity contribution in [1.82, 2.24) is 19.4 Å². The Balaban J connectivity index is 1.62. The quantitative estimate of drug-likeness (QED) is 0.474. The van der Waals surface area contributed by atoms with E-state index in [0.29, 0.717) is 25.1 Å². The SMILES string of the molecule is CC(C)CCN1c2c(n(C)c(=O)n(CCc3ccc(F)cc3)c2=O)N(OC(=O)C(F)(F)F)C1N1CCC2CNCC21. The van der Waals surface area contributed by atoms with E-state index in [1.165, 1.54) is 19.2 Å². The summed E-state index contributed by atoms with van der Waals surface area (Å²) in [5.41, 5.74) is -0.755. The van der Waals surface area contributed by atoms with Gasteiger partial charge in [0.25, 0.3) is 5.56 Å². The number of anilines is 2. The highest BCUT2D eigenvalue weighted by molar-refractivity contribution is 5.80. The lowest BCUT2D eigenvalue weighted by atomic mass is 10.1. The van der Waals surface area contributed by atoms with Crippen molar-refractivity contribution in [3.63, 3.8) is 0 Å². The number of aromatic nitrogens is 2. The fraction of sp³-hybridized carbons (Fsp3) is 0.593. The highest BCUT2D eigenvalue weighted by Gasteiger charge is 2.54. The predicted molar refractivity (Wildman–Crippen MR) is 143 cm³/mol. The van der Waals surface area contributed by atoms with Gasteiger partial charge in [0, 0.05) is 39.3 Å². The van der Waals surface area contributed by atoms with Crippen molar-refractivity contribution < 1.29 is 27.2 Å². The van der Waals surface area contributed by atoms with E-state index in [1.807, 2.05) is 18.7 Å². The molecule has 4 heterocycles. The topological polar surface area (TPSA) is 92.0 Å². The van der Waals surface area contributed by atoms with E-state index < -0.39 is 35.5 Å². The Kier molecular flexibility index (Phi) is 7.90. The summed E-state index contributed by atoms with van der Waals surface area (Å²) in [4.78, 5) is 48.3. The van der Waals surface area contributed by atoms with Crippen molar-refractivity contribution in [1.29, 1.82) is 0 Å². The van der Waals surface area contributed by atoms with Gasteiger partial charge in [0.1, 0.15) is 5.82 Å². The van der Waals surface area contributed by atoms with Crippen molar-refractivity contribution in [2.75, 3.05) is 36.1 Å². The first-order valence-corrected chi connectivity index (χ1v) is 13.8. The molecule has 0 radical (unpaired) electrons. The van der Waals surface area contributed by atoms with Gasteiger partial charge < -0.3 is 15.1 Å². The minimum absolute atomic E-state index is 0.00115. The van der Waals surface area contributed by atoms with Gasteiger partial charge in [-0.1, -0.05) is 26.0 Å². The van der Waals surface area contributed by atoms with Crippen LogP contribution in [0.2, 0.25) is 0 Å². The van der Waals surface area contributed by atoms with Crippen LogP contribution in [-0.4, -0.2) is 64.7 Å². The average Bonchev–Trinajstić information content (AvgIpc) is 3.60. The van der Waals surface area contributed by atoms with E-state index in [-0.39, 0.29) is 48.9 Å². The zero-order chi connectivity index (χ0) is 29.6. The first kappa shape index (κ1) is 29.1. The number of rotatable bonds is 8. The number of carbonyl (C=O) groups is 1. The van der Waals surface area contributed by atoms with E-state index in [0.717, 1.165) is 27.2 Å². The number of benzene rings is 1. The molecule has 0 bridgehead atoms. The summed E-state index contributed by atoms with van der Waals surface area (Å²) >= 11 is 0. The molecule has 1 aromatic heterocycles. The highest BCUT2D eigenvalue weighted by atomic mass is 19.4. The molecule has 5 rings (SSSR count). The molecule has 2 aromatic rings. The molecule has 1 aromatic carbocycles. The monoisotopic (exact) mass is 582 g/mol. The van der Waals surface area contributed by atoms with Crippen LogP contribution in [0.25, 0.3) is 0 Å². The van der Waals surface area contributed by atoms with Crippen LogP contribution in [0.15, 0.2) is 33.9 Å². The first-order valence-electron chi connectivity index (χ1n) is 13.8. The Morgan fingerprint density at radius 3 is 2.49 bits per heavy atom. The normalized spacial score (nSPS) is 22.5. The molecule has 224 valence electrons. The molecule has 41 heavy (non-hydrogen) atoms. The van der Waals surface area contributed by atoms with Gasteiger partial charge in [-0.15, -0.1) is 5.06 Å². The number of likely N-dealkylation sites (tertiary alicyclic amines) is 1. The van der Waals surface area contributed by atoms with Gasteiger partial charge >= 0.3 is 17.8 Å². The molecule has 10 nitrogen and oxygen atoms in total. The van der Waals surface area contributed by atoms with E-state index >= 15 is 0 Å². The molecule has 3 aliphatic heterocycles. The second-order valence-corrected chi connectivity index (χ2v) is 11.3. The molecule has 0 aliphatic carbocycles. The number of hydrogen-bond donors (Lipinski definition) is 1. The average molecular weight is 583 g/mol. The number of hydroxylamine groups is 1. The van der Waals surface area contributed by atoms with Crippen LogP contribution in [-0.2, 0) is 29.6 Å². The summed E-state index contributed by atoms with van der Waals surface area (Å²) in [6.07, 6.45) is -4.71. The summed E-state index contributed by atoms with van der Waals surface area (Å²) in [7, 11) is 1.34. The van der Waals surface area contributed by atoms with Gasteiger partial charge in [-0.3, -0.25) is 18.8 Å². The Morgan fingerprint density at radius 1 is 1.12 bits per heavy atom. The van der Waals surface area contributed by atoms with Crippen molar-refractivity contribution in [2.24, 2.45) is 18.9 Å². The number of fused-ring (bicyclic) bond motifs is 2. The summed E-state index contributed by atoms with van der Waals surface area (Å²) in [5.74, 6) is -2.60. The van der Waals surface area contributed by atoms with Crippen molar-refractivity contribution in [3.8, 4) is 0 Å². The molecule has 3 atom stereocenters. The molecule has 1 N–H and O–H groups in total. The van der Waals surface area contributed by atoms with Crippen LogP contribution < -0.4 is 26.5 Å². The van der Waals surface area contributed by atoms with E-state index in [4.69, 9.17) is 4.84 Å². The first-order chi connectivity index (χ1) is 19.4. The van der Waals surface area contributed by atoms with Crippen LogP contribution in [0, 0.1) is 17.7 Å². The third kappa shape index (κ3) is 5.46. The lowest BCUT2D eigenvalue weighted by molar-refractivity contribution is -0.203. The summed E-state index contributed by atoms with van der Waals surface area (Å²) in [6, 6.07) is 5.62. The smallest absolute Gasteiger partial charge is 0.329 e. The number of nitrogens with one attached hydrogen (secondary N) is 1. The van der Waals surface area contributed by atoms with Gasteiger partial charge in [0.15, 0.2) is 17.8 Å². The van der Waals surface area contributed by atoms with Crippen molar-refractivity contribution >= 4 is 17.5 Å². The molecular weight excluding hydrogens is 548 g/mol. The van der Waals surface area contributed by atoms with Crippen molar-refractivity contribution in [2.45, 2.75) is 58.2 Å². The van der Waals surface area contributed by atoms with Crippen LogP contribution in [0.5, 0.6) is 0 Å². The van der Waals surface area contributed by atoms with Crippen molar-refractivity contribution in [3.05, 3.63) is 56.5 Å². The summed E-state index contributed by atoms with van der Waals surface area (Å²) < 4.78 is 55.8. The number of hydrogen-bond acceptors (Lipinski definition) is 8. The largest absolute Gasteiger partial charge is 0.493 e. The summed E-state index contributed by atoms with van der Waals surface area (Å²) in [5, 5.41) is 4.11. The van der Waals surface area contributed by atoms with Gasteiger partial charge in [-0.25, -0.2) is 14.0 Å². The lowest BCUT2D eigenvalue weighted by Crippen LogP contribution is -2.59. The van der Waals surface area contributed by atoms with Crippen LogP contribution in [0.4, 0.5) is 29.1 Å². The van der Waals surface area contributed by atoms with Crippen LogP contribution in [0.3, 0.4) is 0 Å². The fourth-order valence-corrected chi connectivity index (χ4v) is 6.02.